The summed E-state index contributed by atoms with van der Waals surface area (Å²) in [5, 5.41) is 0. The lowest BCUT2D eigenvalue weighted by atomic mass is 10.0. The first-order valence-corrected chi connectivity index (χ1v) is 16.6. The van der Waals surface area contributed by atoms with Crippen LogP contribution in [-0.2, 0) is 10.0 Å². The van der Waals surface area contributed by atoms with E-state index >= 15 is 0 Å². The third-order valence-corrected chi connectivity index (χ3v) is 9.74. The maximum absolute atomic E-state index is 13.6. The van der Waals surface area contributed by atoms with Gasteiger partial charge in [-0.3, -0.25) is 9.10 Å². The molecular formula is C33H49NO3S. The molecule has 1 atom stereocenters. The van der Waals surface area contributed by atoms with Gasteiger partial charge in [0.15, 0.2) is 5.78 Å². The van der Waals surface area contributed by atoms with Crippen molar-refractivity contribution in [1.82, 2.24) is 0 Å². The minimum Gasteiger partial charge on any atom is -0.292 e. The van der Waals surface area contributed by atoms with Crippen LogP contribution in [0.3, 0.4) is 0 Å². The largest absolute Gasteiger partial charge is 0.292 e. The van der Waals surface area contributed by atoms with Gasteiger partial charge in [-0.15, -0.1) is 0 Å². The Morgan fingerprint density at radius 3 is 1.66 bits per heavy atom. The lowest BCUT2D eigenvalue weighted by molar-refractivity contribution is 0.0970. The average molecular weight is 540 g/mol. The van der Waals surface area contributed by atoms with Crippen LogP contribution in [0.4, 0.5) is 5.69 Å². The number of aryl methyl sites for hydroxylation is 1. The third kappa shape index (κ3) is 8.69. The second kappa shape index (κ2) is 16.1. The van der Waals surface area contributed by atoms with Crippen molar-refractivity contribution in [1.29, 1.82) is 0 Å². The van der Waals surface area contributed by atoms with Crippen LogP contribution in [-0.4, -0.2) is 20.2 Å². The highest BCUT2D eigenvalue weighted by atomic mass is 32.2. The van der Waals surface area contributed by atoms with E-state index in [1.54, 1.807) is 42.5 Å². The van der Waals surface area contributed by atoms with E-state index in [2.05, 4.69) is 6.92 Å². The summed E-state index contributed by atoms with van der Waals surface area (Å²) in [6, 6.07) is 13.4. The minimum atomic E-state index is -3.81. The zero-order valence-corrected chi connectivity index (χ0v) is 24.6. The summed E-state index contributed by atoms with van der Waals surface area (Å²) in [7, 11) is -3.81. The number of hydrogen-bond donors (Lipinski definition) is 0. The van der Waals surface area contributed by atoms with E-state index in [0.717, 1.165) is 24.8 Å². The van der Waals surface area contributed by atoms with Crippen LogP contribution in [0.25, 0.3) is 0 Å². The normalized spacial score (nSPS) is 15.3. The summed E-state index contributed by atoms with van der Waals surface area (Å²) in [5.74, 6) is -0.0720. The average Bonchev–Trinajstić information content (AvgIpc) is 3.21. The Hall–Kier alpha value is -2.14. The highest BCUT2D eigenvalue weighted by Gasteiger charge is 2.43. The van der Waals surface area contributed by atoms with Crippen molar-refractivity contribution in [2.45, 2.75) is 134 Å². The zero-order chi connectivity index (χ0) is 27.2. The van der Waals surface area contributed by atoms with Gasteiger partial charge < -0.3 is 0 Å². The van der Waals surface area contributed by atoms with Crippen molar-refractivity contribution in [3.05, 3.63) is 59.7 Å². The molecule has 1 unspecified atom stereocenters. The number of Topliss-reactive ketones (excluding diaryl/α,β-unsaturated/α-hetero) is 1. The Morgan fingerprint density at radius 1 is 0.658 bits per heavy atom. The lowest BCUT2D eigenvalue weighted by Crippen LogP contribution is -2.40. The number of rotatable bonds is 19. The number of sulfonamides is 1. The molecule has 0 fully saturated rings. The highest BCUT2D eigenvalue weighted by molar-refractivity contribution is 7.93. The quantitative estimate of drug-likeness (QED) is 0.167. The molecule has 5 heteroatoms. The number of nitrogens with zero attached hydrogens (tertiary/aromatic N) is 1. The van der Waals surface area contributed by atoms with Gasteiger partial charge in [0.05, 0.1) is 10.6 Å². The maximum Gasteiger partial charge on any atom is 0.265 e. The van der Waals surface area contributed by atoms with Crippen LogP contribution in [0.5, 0.6) is 0 Å². The predicted molar refractivity (Wildman–Crippen MR) is 160 cm³/mol. The molecule has 38 heavy (non-hydrogen) atoms. The molecule has 2 aromatic carbocycles. The molecule has 210 valence electrons. The van der Waals surface area contributed by atoms with Crippen LogP contribution in [0.15, 0.2) is 53.4 Å². The van der Waals surface area contributed by atoms with Gasteiger partial charge in [-0.25, -0.2) is 8.42 Å². The van der Waals surface area contributed by atoms with E-state index in [4.69, 9.17) is 0 Å². The van der Waals surface area contributed by atoms with Crippen LogP contribution < -0.4 is 4.31 Å². The van der Waals surface area contributed by atoms with Crippen LogP contribution >= 0.6 is 0 Å². The van der Waals surface area contributed by atoms with Gasteiger partial charge in [-0.05, 0) is 37.6 Å². The van der Waals surface area contributed by atoms with E-state index in [9.17, 15) is 13.2 Å². The second-order valence-electron chi connectivity index (χ2n) is 11.1. The van der Waals surface area contributed by atoms with Gasteiger partial charge in [-0.2, -0.15) is 0 Å². The summed E-state index contributed by atoms with van der Waals surface area (Å²) >= 11 is 0. The Kier molecular flexibility index (Phi) is 12.9. The van der Waals surface area contributed by atoms with Gasteiger partial charge in [0.2, 0.25) is 0 Å². The van der Waals surface area contributed by atoms with Crippen molar-refractivity contribution >= 4 is 21.5 Å². The number of carbonyl (C=O) groups is 1. The molecule has 0 radical (unpaired) electrons. The molecule has 3 rings (SSSR count). The molecule has 0 amide bonds. The molecule has 4 nitrogen and oxygen atoms in total. The number of benzene rings is 2. The Balaban J connectivity index is 1.37. The van der Waals surface area contributed by atoms with Gasteiger partial charge in [0.1, 0.15) is 6.04 Å². The molecule has 0 saturated heterocycles. The molecule has 0 N–H and O–H groups in total. The van der Waals surface area contributed by atoms with Crippen LogP contribution in [0, 0.1) is 6.92 Å². The van der Waals surface area contributed by atoms with Crippen molar-refractivity contribution in [2.24, 2.45) is 0 Å². The zero-order valence-electron chi connectivity index (χ0n) is 23.8. The smallest absolute Gasteiger partial charge is 0.265 e. The van der Waals surface area contributed by atoms with Crippen LogP contribution in [0.2, 0.25) is 0 Å². The molecule has 2 aromatic rings. The van der Waals surface area contributed by atoms with E-state index in [1.807, 2.05) is 13.0 Å². The molecular weight excluding hydrogens is 490 g/mol. The van der Waals surface area contributed by atoms with Gasteiger partial charge in [0.25, 0.3) is 10.0 Å². The molecule has 0 aliphatic carbocycles. The first-order valence-electron chi connectivity index (χ1n) is 15.2. The van der Waals surface area contributed by atoms with Crippen molar-refractivity contribution in [3.8, 4) is 0 Å². The van der Waals surface area contributed by atoms with Crippen molar-refractivity contribution in [2.75, 3.05) is 4.31 Å². The lowest BCUT2D eigenvalue weighted by Gasteiger charge is -2.26. The third-order valence-electron chi connectivity index (χ3n) is 7.90. The van der Waals surface area contributed by atoms with Crippen molar-refractivity contribution < 1.29 is 13.2 Å². The number of fused-ring (bicyclic) bond motifs is 1. The maximum atomic E-state index is 13.6. The predicted octanol–water partition coefficient (Wildman–Crippen LogP) is 9.41. The van der Waals surface area contributed by atoms with Gasteiger partial charge >= 0.3 is 0 Å². The van der Waals surface area contributed by atoms with E-state index in [1.165, 1.54) is 87.8 Å². The number of hydrogen-bond acceptors (Lipinski definition) is 3. The van der Waals surface area contributed by atoms with E-state index < -0.39 is 16.1 Å². The standard InChI is InChI=1S/C33H49NO3S/c1-3-4-5-6-7-8-9-10-11-12-13-14-15-16-17-18-23-32-33(35)30-21-19-20-22-31(30)34(32)38(36,37)29-26-24-28(2)25-27-29/h19-22,24-27,32H,3-18,23H2,1-2H3. The fourth-order valence-corrected chi connectivity index (χ4v) is 7.24. The number of para-hydroxylation sites is 1. The monoisotopic (exact) mass is 539 g/mol. The number of unbranched alkanes of at least 4 members (excludes halogenated alkanes) is 15. The van der Waals surface area contributed by atoms with E-state index in [-0.39, 0.29) is 10.7 Å². The SMILES string of the molecule is CCCCCCCCCCCCCCCCCCC1C(=O)c2ccccc2N1S(=O)(=O)c1ccc(C)cc1. The first kappa shape index (κ1) is 30.4. The molecule has 0 bridgehead atoms. The molecule has 0 saturated carbocycles. The second-order valence-corrected chi connectivity index (χ2v) is 12.9. The summed E-state index contributed by atoms with van der Waals surface area (Å²) in [6.07, 6.45) is 21.3. The summed E-state index contributed by atoms with van der Waals surface area (Å²) in [4.78, 5) is 13.5. The summed E-state index contributed by atoms with van der Waals surface area (Å²) in [6.45, 7) is 4.21. The summed E-state index contributed by atoms with van der Waals surface area (Å²) < 4.78 is 28.6. The van der Waals surface area contributed by atoms with Gasteiger partial charge in [-0.1, -0.05) is 139 Å². The molecule has 0 aromatic heterocycles. The Labute approximate surface area is 232 Å². The number of ketones is 1. The fraction of sp³-hybridized carbons (Fsp3) is 0.606. The molecule has 1 aliphatic heterocycles. The van der Waals surface area contributed by atoms with Gasteiger partial charge in [0, 0.05) is 5.56 Å². The Bertz CT molecular complexity index is 1080. The van der Waals surface area contributed by atoms with E-state index in [0.29, 0.717) is 17.7 Å². The highest BCUT2D eigenvalue weighted by Crippen LogP contribution is 2.38. The van der Waals surface area contributed by atoms with Crippen molar-refractivity contribution in [3.63, 3.8) is 0 Å². The minimum absolute atomic E-state index is 0.0720. The number of anilines is 1. The first-order chi connectivity index (χ1) is 18.5. The molecule has 1 aliphatic rings. The fourth-order valence-electron chi connectivity index (χ4n) is 5.58. The topological polar surface area (TPSA) is 54.5 Å². The summed E-state index contributed by atoms with van der Waals surface area (Å²) in [5.41, 5.74) is 2.04. The Morgan fingerprint density at radius 2 is 1.13 bits per heavy atom. The van der Waals surface area contributed by atoms with Crippen LogP contribution in [0.1, 0.15) is 132 Å². The molecule has 0 spiro atoms. The number of carbonyl (C=O) groups excluding carboxylic acids is 1. The molecule has 1 heterocycles.